The molecule has 3 rings (SSSR count). The van der Waals surface area contributed by atoms with Gasteiger partial charge < -0.3 is 10.6 Å². The average Bonchev–Trinajstić information content (AvgIpc) is 2.64. The molecule has 0 aliphatic rings. The third-order valence-corrected chi connectivity index (χ3v) is 3.98. The van der Waals surface area contributed by atoms with Crippen LogP contribution >= 0.6 is 0 Å². The summed E-state index contributed by atoms with van der Waals surface area (Å²) in [5.74, 6) is -0.693. The van der Waals surface area contributed by atoms with E-state index in [9.17, 15) is 19.2 Å². The molecule has 0 spiro atoms. The predicted molar refractivity (Wildman–Crippen MR) is 106 cm³/mol. The molecule has 0 aliphatic carbocycles. The number of pyridine rings is 1. The minimum absolute atomic E-state index is 0.160. The summed E-state index contributed by atoms with van der Waals surface area (Å²) in [6.07, 6.45) is 2.01. The van der Waals surface area contributed by atoms with Crippen molar-refractivity contribution in [3.8, 4) is 0 Å². The Morgan fingerprint density at radius 3 is 2.54 bits per heavy atom. The minimum Gasteiger partial charge on any atom is -0.326 e. The normalized spacial score (nSPS) is 10.6. The summed E-state index contributed by atoms with van der Waals surface area (Å²) in [4.78, 5) is 54.3. The Bertz CT molecular complexity index is 1180. The van der Waals surface area contributed by atoms with Crippen molar-refractivity contribution in [3.63, 3.8) is 0 Å². The summed E-state index contributed by atoms with van der Waals surface area (Å²) < 4.78 is 1.37. The van der Waals surface area contributed by atoms with Gasteiger partial charge in [-0.3, -0.25) is 23.9 Å². The molecule has 0 saturated heterocycles. The summed E-state index contributed by atoms with van der Waals surface area (Å²) in [6, 6.07) is 8.07. The van der Waals surface area contributed by atoms with Gasteiger partial charge in [-0.05, 0) is 30.7 Å². The molecular formula is C19H19N5O4. The smallest absolute Gasteiger partial charge is 0.326 e. The first-order chi connectivity index (χ1) is 13.4. The quantitative estimate of drug-likeness (QED) is 0.620. The number of aromatic amines is 1. The van der Waals surface area contributed by atoms with Crippen LogP contribution in [-0.4, -0.2) is 26.3 Å². The molecule has 9 heteroatoms. The van der Waals surface area contributed by atoms with E-state index in [1.807, 2.05) is 6.92 Å². The number of hydrogen-bond donors (Lipinski definition) is 3. The molecule has 0 bridgehead atoms. The first-order valence-corrected chi connectivity index (χ1v) is 8.71. The van der Waals surface area contributed by atoms with Crippen molar-refractivity contribution < 1.29 is 9.59 Å². The Hall–Kier alpha value is -3.75. The summed E-state index contributed by atoms with van der Waals surface area (Å²) in [7, 11) is 0. The van der Waals surface area contributed by atoms with E-state index in [1.54, 1.807) is 24.3 Å². The molecule has 144 valence electrons. The Morgan fingerprint density at radius 1 is 1.14 bits per heavy atom. The fourth-order valence-corrected chi connectivity index (χ4v) is 2.80. The molecule has 3 N–H and O–H groups in total. The van der Waals surface area contributed by atoms with Gasteiger partial charge in [-0.25, -0.2) is 9.78 Å². The lowest BCUT2D eigenvalue weighted by Gasteiger charge is -2.10. The van der Waals surface area contributed by atoms with Gasteiger partial charge in [-0.1, -0.05) is 13.0 Å². The van der Waals surface area contributed by atoms with Gasteiger partial charge >= 0.3 is 5.69 Å². The van der Waals surface area contributed by atoms with E-state index in [4.69, 9.17) is 0 Å². The van der Waals surface area contributed by atoms with Gasteiger partial charge in [0, 0.05) is 31.0 Å². The number of carbonyl (C=O) groups is 2. The maximum Gasteiger partial charge on any atom is 0.329 e. The standard InChI is InChI=1S/C19H19N5O4/c1-3-7-24-16-15(18(27)23-19(24)28)8-12(10-20-16)17(26)22-14-6-4-5-13(9-14)21-11(2)25/h4-6,8-10H,3,7H2,1-2H3,(H,21,25)(H,22,26)(H,23,27,28). The molecular weight excluding hydrogens is 362 g/mol. The molecule has 2 aromatic heterocycles. The molecule has 9 nitrogen and oxygen atoms in total. The second-order valence-corrected chi connectivity index (χ2v) is 6.22. The Balaban J connectivity index is 1.94. The number of aryl methyl sites for hydroxylation is 1. The summed E-state index contributed by atoms with van der Waals surface area (Å²) in [5, 5.41) is 5.49. The third-order valence-electron chi connectivity index (χ3n) is 3.98. The summed E-state index contributed by atoms with van der Waals surface area (Å²) in [5.41, 5.74) is 0.300. The number of fused-ring (bicyclic) bond motifs is 1. The number of benzene rings is 1. The topological polar surface area (TPSA) is 126 Å². The highest BCUT2D eigenvalue weighted by molar-refractivity contribution is 6.05. The van der Waals surface area contributed by atoms with Gasteiger partial charge in [0.05, 0.1) is 10.9 Å². The van der Waals surface area contributed by atoms with Crippen molar-refractivity contribution in [1.29, 1.82) is 0 Å². The van der Waals surface area contributed by atoms with Gasteiger partial charge in [-0.2, -0.15) is 0 Å². The number of rotatable bonds is 5. The van der Waals surface area contributed by atoms with E-state index < -0.39 is 17.2 Å². The van der Waals surface area contributed by atoms with Crippen LogP contribution in [-0.2, 0) is 11.3 Å². The first kappa shape index (κ1) is 19.0. The van der Waals surface area contributed by atoms with Gasteiger partial charge in [0.1, 0.15) is 5.65 Å². The fourth-order valence-electron chi connectivity index (χ4n) is 2.80. The monoisotopic (exact) mass is 381 g/mol. The number of H-pyrrole nitrogens is 1. The molecule has 0 unspecified atom stereocenters. The molecule has 3 aromatic rings. The van der Waals surface area contributed by atoms with Gasteiger partial charge in [0.2, 0.25) is 5.91 Å². The molecule has 0 aliphatic heterocycles. The lowest BCUT2D eigenvalue weighted by Crippen LogP contribution is -2.31. The van der Waals surface area contributed by atoms with Crippen molar-refractivity contribution in [1.82, 2.24) is 14.5 Å². The largest absolute Gasteiger partial charge is 0.329 e. The lowest BCUT2D eigenvalue weighted by atomic mass is 10.2. The zero-order valence-corrected chi connectivity index (χ0v) is 15.4. The van der Waals surface area contributed by atoms with Crippen LogP contribution in [0, 0.1) is 0 Å². The molecule has 0 atom stereocenters. The summed E-state index contributed by atoms with van der Waals surface area (Å²) >= 11 is 0. The van der Waals surface area contributed by atoms with Crippen molar-refractivity contribution in [3.05, 3.63) is 62.9 Å². The number of anilines is 2. The highest BCUT2D eigenvalue weighted by Gasteiger charge is 2.13. The second-order valence-electron chi connectivity index (χ2n) is 6.22. The van der Waals surface area contributed by atoms with Crippen LogP contribution < -0.4 is 21.9 Å². The first-order valence-electron chi connectivity index (χ1n) is 8.71. The second kappa shape index (κ2) is 7.87. The van der Waals surface area contributed by atoms with Crippen LogP contribution in [0.2, 0.25) is 0 Å². The van der Waals surface area contributed by atoms with Crippen LogP contribution in [0.3, 0.4) is 0 Å². The van der Waals surface area contributed by atoms with E-state index in [0.717, 1.165) is 0 Å². The van der Waals surface area contributed by atoms with Crippen molar-refractivity contribution in [2.24, 2.45) is 0 Å². The fraction of sp³-hybridized carbons (Fsp3) is 0.211. The molecule has 28 heavy (non-hydrogen) atoms. The van der Waals surface area contributed by atoms with Gasteiger partial charge in [0.15, 0.2) is 0 Å². The maximum absolute atomic E-state index is 12.6. The average molecular weight is 381 g/mol. The van der Waals surface area contributed by atoms with Crippen molar-refractivity contribution in [2.75, 3.05) is 10.6 Å². The molecule has 0 saturated carbocycles. The highest BCUT2D eigenvalue weighted by Crippen LogP contribution is 2.17. The van der Waals surface area contributed by atoms with E-state index in [2.05, 4.69) is 20.6 Å². The van der Waals surface area contributed by atoms with Crippen LogP contribution in [0.1, 0.15) is 30.6 Å². The molecule has 2 heterocycles. The zero-order valence-electron chi connectivity index (χ0n) is 15.4. The molecule has 2 amide bonds. The van der Waals surface area contributed by atoms with Crippen molar-refractivity contribution in [2.45, 2.75) is 26.8 Å². The molecule has 0 radical (unpaired) electrons. The third kappa shape index (κ3) is 3.98. The molecule has 1 aromatic carbocycles. The lowest BCUT2D eigenvalue weighted by molar-refractivity contribution is -0.114. The van der Waals surface area contributed by atoms with Crippen LogP contribution in [0.5, 0.6) is 0 Å². The van der Waals surface area contributed by atoms with Crippen LogP contribution in [0.15, 0.2) is 46.1 Å². The number of nitrogens with zero attached hydrogens (tertiary/aromatic N) is 2. The highest BCUT2D eigenvalue weighted by atomic mass is 16.2. The van der Waals surface area contributed by atoms with E-state index in [1.165, 1.54) is 23.8 Å². The Labute approximate surface area is 159 Å². The number of hydrogen-bond acceptors (Lipinski definition) is 5. The Morgan fingerprint density at radius 2 is 1.86 bits per heavy atom. The van der Waals surface area contributed by atoms with Gasteiger partial charge in [-0.15, -0.1) is 0 Å². The number of nitrogens with one attached hydrogen (secondary N) is 3. The Kier molecular flexibility index (Phi) is 5.35. The number of amides is 2. The summed E-state index contributed by atoms with van der Waals surface area (Å²) in [6.45, 7) is 3.70. The van der Waals surface area contributed by atoms with E-state index >= 15 is 0 Å². The van der Waals surface area contributed by atoms with Gasteiger partial charge in [0.25, 0.3) is 11.5 Å². The maximum atomic E-state index is 12.6. The van der Waals surface area contributed by atoms with Crippen molar-refractivity contribution >= 4 is 34.2 Å². The van der Waals surface area contributed by atoms with E-state index in [0.29, 0.717) is 24.3 Å². The number of aromatic nitrogens is 3. The number of carbonyl (C=O) groups excluding carboxylic acids is 2. The van der Waals surface area contributed by atoms with Crippen LogP contribution in [0.4, 0.5) is 11.4 Å². The minimum atomic E-state index is -0.595. The zero-order chi connectivity index (χ0) is 20.3. The van der Waals surface area contributed by atoms with E-state index in [-0.39, 0.29) is 22.5 Å². The SMILES string of the molecule is CCCn1c(=O)[nH]c(=O)c2cc(C(=O)Nc3cccc(NC(C)=O)c3)cnc21. The molecule has 0 fully saturated rings. The predicted octanol–water partition coefficient (Wildman–Crippen LogP) is 1.71. The van der Waals surface area contributed by atoms with Crippen LogP contribution in [0.25, 0.3) is 11.0 Å².